The second-order valence-electron chi connectivity index (χ2n) is 3.11. The van der Waals surface area contributed by atoms with Gasteiger partial charge in [0.25, 0.3) is 5.56 Å². The maximum absolute atomic E-state index is 11.4. The summed E-state index contributed by atoms with van der Waals surface area (Å²) in [7, 11) is 0. The van der Waals surface area contributed by atoms with Crippen LogP contribution in [0.25, 0.3) is 0 Å². The smallest absolute Gasteiger partial charge is 0.268 e. The Bertz CT molecular complexity index is 615. The number of H-pyrrole nitrogens is 1. The molecule has 88 valence electrons. The van der Waals surface area contributed by atoms with Gasteiger partial charge in [-0.1, -0.05) is 6.07 Å². The third-order valence-electron chi connectivity index (χ3n) is 1.96. The summed E-state index contributed by atoms with van der Waals surface area (Å²) in [5.41, 5.74) is 6.04. The fourth-order valence-corrected chi connectivity index (χ4v) is 1.90. The van der Waals surface area contributed by atoms with Gasteiger partial charge in [-0.25, -0.2) is 4.98 Å². The van der Waals surface area contributed by atoms with Crippen molar-refractivity contribution < 1.29 is 4.74 Å². The molecule has 17 heavy (non-hydrogen) atoms. The normalized spacial score (nSPS) is 10.2. The van der Waals surface area contributed by atoms with Gasteiger partial charge in [-0.15, -0.1) is 0 Å². The van der Waals surface area contributed by atoms with E-state index in [1.807, 2.05) is 22.6 Å². The predicted molar refractivity (Wildman–Crippen MR) is 76.2 cm³/mol. The molecule has 0 unspecified atom stereocenters. The van der Waals surface area contributed by atoms with Crippen molar-refractivity contribution in [1.82, 2.24) is 9.97 Å². The maximum Gasteiger partial charge on any atom is 0.268 e. The summed E-state index contributed by atoms with van der Waals surface area (Å²) in [5.74, 6) is 0.765. The Morgan fingerprint density at radius 2 is 2.24 bits per heavy atom. The van der Waals surface area contributed by atoms with Crippen LogP contribution in [0.5, 0.6) is 11.6 Å². The second kappa shape index (κ2) is 5.05. The minimum Gasteiger partial charge on any atom is -0.436 e. The quantitative estimate of drug-likeness (QED) is 0.592. The van der Waals surface area contributed by atoms with Gasteiger partial charge in [0.1, 0.15) is 9.32 Å². The van der Waals surface area contributed by atoms with Crippen LogP contribution in [0.3, 0.4) is 0 Å². The first-order chi connectivity index (χ1) is 8.09. The summed E-state index contributed by atoms with van der Waals surface area (Å²) in [6.45, 7) is 0. The Morgan fingerprint density at radius 3 is 3.00 bits per heavy atom. The molecule has 3 N–H and O–H groups in total. The Balaban J connectivity index is 2.42. The van der Waals surface area contributed by atoms with Gasteiger partial charge >= 0.3 is 0 Å². The minimum absolute atomic E-state index is 0.240. The highest BCUT2D eigenvalue weighted by Crippen LogP contribution is 2.33. The highest BCUT2D eigenvalue weighted by atomic mass is 127. The van der Waals surface area contributed by atoms with Crippen LogP contribution >= 0.6 is 38.5 Å². The molecular weight excluding hydrogens is 401 g/mol. The molecule has 0 amide bonds. The van der Waals surface area contributed by atoms with E-state index in [4.69, 9.17) is 10.5 Å². The lowest BCUT2D eigenvalue weighted by Crippen LogP contribution is -2.11. The average molecular weight is 408 g/mol. The molecule has 0 bridgehead atoms. The van der Waals surface area contributed by atoms with E-state index in [0.29, 0.717) is 19.5 Å². The monoisotopic (exact) mass is 407 g/mol. The number of rotatable bonds is 2. The average Bonchev–Trinajstić information content (AvgIpc) is 2.31. The van der Waals surface area contributed by atoms with Crippen LogP contribution in [0, 0.1) is 3.57 Å². The molecule has 2 rings (SSSR count). The van der Waals surface area contributed by atoms with E-state index >= 15 is 0 Å². The summed E-state index contributed by atoms with van der Waals surface area (Å²) in [4.78, 5) is 17.8. The molecule has 1 aromatic heterocycles. The van der Waals surface area contributed by atoms with Crippen molar-refractivity contribution in [3.63, 3.8) is 0 Å². The molecule has 0 radical (unpaired) electrons. The fourth-order valence-electron chi connectivity index (χ4n) is 1.15. The molecule has 5 nitrogen and oxygen atoms in total. The van der Waals surface area contributed by atoms with E-state index in [-0.39, 0.29) is 11.4 Å². The number of aromatic amines is 1. The maximum atomic E-state index is 11.4. The molecule has 0 saturated carbocycles. The molecule has 2 aromatic rings. The molecule has 0 atom stereocenters. The Kier molecular flexibility index (Phi) is 3.67. The van der Waals surface area contributed by atoms with E-state index in [1.54, 1.807) is 18.2 Å². The first-order valence-electron chi connectivity index (χ1n) is 4.54. The second-order valence-corrected chi connectivity index (χ2v) is 4.98. The van der Waals surface area contributed by atoms with Crippen LogP contribution in [-0.2, 0) is 0 Å². The third-order valence-corrected chi connectivity index (χ3v) is 3.76. The summed E-state index contributed by atoms with van der Waals surface area (Å²) < 4.78 is 6.56. The van der Waals surface area contributed by atoms with Crippen LogP contribution in [0.2, 0.25) is 0 Å². The molecule has 0 fully saturated rings. The number of aromatic nitrogens is 2. The Labute approximate surface area is 119 Å². The van der Waals surface area contributed by atoms with E-state index in [2.05, 4.69) is 25.9 Å². The highest BCUT2D eigenvalue weighted by Gasteiger charge is 2.10. The van der Waals surface area contributed by atoms with Crippen molar-refractivity contribution in [2.45, 2.75) is 0 Å². The largest absolute Gasteiger partial charge is 0.436 e. The van der Waals surface area contributed by atoms with Gasteiger partial charge in [0.15, 0.2) is 0 Å². The number of hydrogen-bond donors (Lipinski definition) is 2. The van der Waals surface area contributed by atoms with Crippen molar-refractivity contribution in [3.8, 4) is 11.6 Å². The number of halogens is 2. The molecule has 0 aliphatic rings. The van der Waals surface area contributed by atoms with Crippen LogP contribution < -0.4 is 16.0 Å². The Hall–Kier alpha value is -1.09. The van der Waals surface area contributed by atoms with E-state index < -0.39 is 0 Å². The number of benzene rings is 1. The lowest BCUT2D eigenvalue weighted by molar-refractivity contribution is 0.454. The summed E-state index contributed by atoms with van der Waals surface area (Å²) in [5, 5.41) is 0. The SMILES string of the molecule is Nc1cccc(Oc2nc[nH]c(=O)c2I)c1Br. The van der Waals surface area contributed by atoms with Gasteiger partial charge in [0, 0.05) is 5.69 Å². The van der Waals surface area contributed by atoms with Crippen molar-refractivity contribution >= 4 is 44.2 Å². The highest BCUT2D eigenvalue weighted by molar-refractivity contribution is 14.1. The van der Waals surface area contributed by atoms with Gasteiger partial charge in [0.05, 0.1) is 10.8 Å². The van der Waals surface area contributed by atoms with Gasteiger partial charge in [-0.05, 0) is 50.7 Å². The zero-order valence-corrected chi connectivity index (χ0v) is 12.1. The fraction of sp³-hybridized carbons (Fsp3) is 0. The summed E-state index contributed by atoms with van der Waals surface area (Å²) in [6.07, 6.45) is 1.29. The molecular formula is C10H7BrIN3O2. The van der Waals surface area contributed by atoms with Gasteiger partial charge in [0.2, 0.25) is 5.88 Å². The number of nitrogens with two attached hydrogens (primary N) is 1. The molecule has 0 aliphatic carbocycles. The molecule has 1 heterocycles. The topological polar surface area (TPSA) is 81.0 Å². The first kappa shape index (κ1) is 12.4. The minimum atomic E-state index is -0.240. The van der Waals surface area contributed by atoms with Crippen molar-refractivity contribution in [2.75, 3.05) is 5.73 Å². The lowest BCUT2D eigenvalue weighted by atomic mass is 10.3. The lowest BCUT2D eigenvalue weighted by Gasteiger charge is -2.08. The van der Waals surface area contributed by atoms with Crippen molar-refractivity contribution in [2.24, 2.45) is 0 Å². The standard InChI is InChI=1S/C10H7BrIN3O2/c11-7-5(13)2-1-3-6(7)17-10-8(12)9(16)14-4-15-10/h1-4H,13H2,(H,14,15,16). The van der Waals surface area contributed by atoms with Crippen molar-refractivity contribution in [1.29, 1.82) is 0 Å². The van der Waals surface area contributed by atoms with E-state index in [9.17, 15) is 4.79 Å². The van der Waals surface area contributed by atoms with Gasteiger partial charge < -0.3 is 15.5 Å². The number of nitrogen functional groups attached to an aromatic ring is 1. The molecule has 0 spiro atoms. The molecule has 1 aromatic carbocycles. The predicted octanol–water partition coefficient (Wildman–Crippen LogP) is 2.51. The van der Waals surface area contributed by atoms with Gasteiger partial charge in [-0.3, -0.25) is 4.79 Å². The van der Waals surface area contributed by atoms with Crippen molar-refractivity contribution in [3.05, 3.63) is 42.9 Å². The summed E-state index contributed by atoms with van der Waals surface area (Å²) >= 11 is 5.19. The number of nitrogens with zero attached hydrogens (tertiary/aromatic N) is 1. The van der Waals surface area contributed by atoms with E-state index in [1.165, 1.54) is 6.33 Å². The van der Waals surface area contributed by atoms with Crippen LogP contribution in [0.15, 0.2) is 33.8 Å². The van der Waals surface area contributed by atoms with Crippen LogP contribution in [0.1, 0.15) is 0 Å². The van der Waals surface area contributed by atoms with Crippen LogP contribution in [0.4, 0.5) is 5.69 Å². The van der Waals surface area contributed by atoms with Crippen LogP contribution in [-0.4, -0.2) is 9.97 Å². The number of hydrogen-bond acceptors (Lipinski definition) is 4. The zero-order chi connectivity index (χ0) is 12.4. The molecule has 7 heteroatoms. The molecule has 0 aliphatic heterocycles. The Morgan fingerprint density at radius 1 is 1.47 bits per heavy atom. The zero-order valence-electron chi connectivity index (χ0n) is 8.41. The van der Waals surface area contributed by atoms with Gasteiger partial charge in [-0.2, -0.15) is 0 Å². The first-order valence-corrected chi connectivity index (χ1v) is 6.42. The molecule has 0 saturated heterocycles. The van der Waals surface area contributed by atoms with E-state index in [0.717, 1.165) is 0 Å². The number of nitrogens with one attached hydrogen (secondary N) is 1. The number of ether oxygens (including phenoxy) is 1. The number of anilines is 1. The third kappa shape index (κ3) is 2.60. The summed E-state index contributed by atoms with van der Waals surface area (Å²) in [6, 6.07) is 5.24.